The zero-order chi connectivity index (χ0) is 21.8. The Morgan fingerprint density at radius 1 is 1.16 bits per heavy atom. The fraction of sp³-hybridized carbons (Fsp3) is 0.333. The maximum absolute atomic E-state index is 13.6. The number of amides is 2. The molecule has 0 bridgehead atoms. The van der Waals surface area contributed by atoms with Gasteiger partial charge in [0, 0.05) is 51.1 Å². The Morgan fingerprint density at radius 3 is 2.61 bits per heavy atom. The van der Waals surface area contributed by atoms with E-state index in [0.29, 0.717) is 49.8 Å². The summed E-state index contributed by atoms with van der Waals surface area (Å²) >= 11 is 0. The lowest BCUT2D eigenvalue weighted by Gasteiger charge is -2.37. The minimum Gasteiger partial charge on any atom is -0.337 e. The second-order valence-corrected chi connectivity index (χ2v) is 7.10. The molecule has 10 heteroatoms. The van der Waals surface area contributed by atoms with Crippen LogP contribution in [0.4, 0.5) is 19.5 Å². The number of rotatable bonds is 2. The third-order valence-corrected chi connectivity index (χ3v) is 5.09. The second kappa shape index (κ2) is 9.06. The van der Waals surface area contributed by atoms with Crippen molar-refractivity contribution in [2.75, 3.05) is 37.6 Å². The summed E-state index contributed by atoms with van der Waals surface area (Å²) in [7, 11) is 0. The Labute approximate surface area is 178 Å². The van der Waals surface area contributed by atoms with Gasteiger partial charge in [0.25, 0.3) is 0 Å². The zero-order valence-electron chi connectivity index (χ0n) is 16.7. The highest BCUT2D eigenvalue weighted by Gasteiger charge is 2.33. The number of urea groups is 1. The maximum Gasteiger partial charge on any atom is 0.341 e. The second-order valence-electron chi connectivity index (χ2n) is 7.10. The first-order valence-corrected chi connectivity index (χ1v) is 9.88. The number of carbonyl (C=O) groups excluding carboxylic acids is 1. The number of hydrogen-bond donors (Lipinski definition) is 1. The lowest BCUT2D eigenvalue weighted by molar-refractivity contribution is 0.139. The predicted molar refractivity (Wildman–Crippen MR) is 111 cm³/mol. The van der Waals surface area contributed by atoms with E-state index >= 15 is 0 Å². The van der Waals surface area contributed by atoms with Crippen LogP contribution in [0.5, 0.6) is 0 Å². The summed E-state index contributed by atoms with van der Waals surface area (Å²) in [5, 5.41) is 5.45. The summed E-state index contributed by atoms with van der Waals surface area (Å²) < 4.78 is 27.3. The number of nitrogens with two attached hydrogens (primary N) is 1. The first kappa shape index (κ1) is 20.7. The average Bonchev–Trinajstić information content (AvgIpc) is 3.27. The summed E-state index contributed by atoms with van der Waals surface area (Å²) in [6.45, 7) is 2.21. The molecule has 1 aromatic carbocycles. The number of hydrazone groups is 1. The molecular formula is C21H21F2N7O. The van der Waals surface area contributed by atoms with E-state index in [2.05, 4.69) is 26.9 Å². The number of nitrogens with zero attached hydrogens (tertiary/aromatic N) is 6. The quantitative estimate of drug-likeness (QED) is 0.741. The Hall–Kier alpha value is -3.58. The van der Waals surface area contributed by atoms with Crippen LogP contribution in [0.25, 0.3) is 0 Å². The fourth-order valence-corrected chi connectivity index (χ4v) is 3.60. The largest absolute Gasteiger partial charge is 0.341 e. The van der Waals surface area contributed by atoms with Crippen LogP contribution >= 0.6 is 0 Å². The molecule has 160 valence electrons. The molecule has 31 heavy (non-hydrogen) atoms. The molecule has 2 amide bonds. The average molecular weight is 425 g/mol. The molecule has 0 spiro atoms. The molecule has 2 aliphatic heterocycles. The van der Waals surface area contributed by atoms with E-state index in [1.54, 1.807) is 23.4 Å². The van der Waals surface area contributed by atoms with Crippen molar-refractivity contribution >= 4 is 18.2 Å². The molecule has 2 aromatic rings. The number of aromatic nitrogens is 2. The van der Waals surface area contributed by atoms with Crippen LogP contribution in [0.1, 0.15) is 23.7 Å². The number of anilines is 1. The Morgan fingerprint density at radius 2 is 1.90 bits per heavy atom. The van der Waals surface area contributed by atoms with E-state index in [9.17, 15) is 13.6 Å². The summed E-state index contributed by atoms with van der Waals surface area (Å²) in [4.78, 5) is 25.4. The van der Waals surface area contributed by atoms with Gasteiger partial charge >= 0.3 is 6.03 Å². The summed E-state index contributed by atoms with van der Waals surface area (Å²) in [6.07, 6.45) is 3.63. The molecule has 1 fully saturated rings. The van der Waals surface area contributed by atoms with Gasteiger partial charge < -0.3 is 15.5 Å². The summed E-state index contributed by atoms with van der Waals surface area (Å²) in [5.41, 5.74) is 6.37. The van der Waals surface area contributed by atoms with E-state index in [1.165, 1.54) is 17.1 Å². The molecule has 1 atom stereocenters. The third-order valence-electron chi connectivity index (χ3n) is 5.09. The SMILES string of the molecule is NCC#Cc1ccnc(N2CCN(C(=O)N3N=CCC3c3cc(F)cc(F)c3)CC2)n1. The highest BCUT2D eigenvalue weighted by molar-refractivity contribution is 5.78. The zero-order valence-corrected chi connectivity index (χ0v) is 16.7. The van der Waals surface area contributed by atoms with Gasteiger partial charge in [-0.15, -0.1) is 0 Å². The number of benzene rings is 1. The van der Waals surface area contributed by atoms with Crippen LogP contribution in [-0.2, 0) is 0 Å². The predicted octanol–water partition coefficient (Wildman–Crippen LogP) is 1.74. The number of carbonyl (C=O) groups is 1. The topological polar surface area (TPSA) is 91.0 Å². The standard InChI is InChI=1S/C21H21F2N7O/c22-16-12-15(13-17(23)14-16)19-4-7-26-30(19)21(31)29-10-8-28(9-11-29)20-25-6-3-18(27-20)2-1-5-24/h3,6-7,12-14,19H,4-5,8-11,24H2. The maximum atomic E-state index is 13.6. The Balaban J connectivity index is 1.41. The van der Waals surface area contributed by atoms with E-state index in [0.717, 1.165) is 6.07 Å². The van der Waals surface area contributed by atoms with Crippen LogP contribution in [0.2, 0.25) is 0 Å². The van der Waals surface area contributed by atoms with Crippen molar-refractivity contribution in [2.45, 2.75) is 12.5 Å². The number of halogens is 2. The highest BCUT2D eigenvalue weighted by Crippen LogP contribution is 2.30. The van der Waals surface area contributed by atoms with Gasteiger partial charge in [0.15, 0.2) is 0 Å². The van der Waals surface area contributed by atoms with Crippen LogP contribution in [-0.4, -0.2) is 64.8 Å². The third kappa shape index (κ3) is 4.62. The molecule has 0 aliphatic carbocycles. The lowest BCUT2D eigenvalue weighted by Crippen LogP contribution is -2.52. The van der Waals surface area contributed by atoms with Crippen molar-refractivity contribution in [1.29, 1.82) is 0 Å². The molecule has 0 saturated carbocycles. The van der Waals surface area contributed by atoms with Gasteiger partial charge in [-0.3, -0.25) is 0 Å². The monoisotopic (exact) mass is 425 g/mol. The van der Waals surface area contributed by atoms with Crippen LogP contribution in [0.3, 0.4) is 0 Å². The van der Waals surface area contributed by atoms with Crippen LogP contribution < -0.4 is 10.6 Å². The van der Waals surface area contributed by atoms with E-state index in [-0.39, 0.29) is 12.6 Å². The van der Waals surface area contributed by atoms with Gasteiger partial charge in [-0.2, -0.15) is 5.10 Å². The molecular weight excluding hydrogens is 404 g/mol. The molecule has 1 unspecified atom stereocenters. The lowest BCUT2D eigenvalue weighted by atomic mass is 10.0. The summed E-state index contributed by atoms with van der Waals surface area (Å²) in [6, 6.07) is 4.16. The molecule has 1 aromatic heterocycles. The minimum atomic E-state index is -0.679. The van der Waals surface area contributed by atoms with Gasteiger partial charge in [-0.25, -0.2) is 28.6 Å². The Kier molecular flexibility index (Phi) is 6.04. The smallest absolute Gasteiger partial charge is 0.337 e. The van der Waals surface area contributed by atoms with E-state index in [4.69, 9.17) is 5.73 Å². The van der Waals surface area contributed by atoms with E-state index in [1.807, 2.05) is 4.90 Å². The van der Waals surface area contributed by atoms with Gasteiger partial charge in [0.1, 0.15) is 17.3 Å². The Bertz CT molecular complexity index is 1040. The molecule has 4 rings (SSSR count). The molecule has 1 saturated heterocycles. The van der Waals surface area contributed by atoms with E-state index < -0.39 is 17.7 Å². The molecule has 2 N–H and O–H groups in total. The summed E-state index contributed by atoms with van der Waals surface area (Å²) in [5.74, 6) is 4.83. The fourth-order valence-electron chi connectivity index (χ4n) is 3.60. The van der Waals surface area contributed by atoms with Crippen LogP contribution in [0, 0.1) is 23.5 Å². The van der Waals surface area contributed by atoms with Crippen molar-refractivity contribution in [3.05, 3.63) is 53.4 Å². The van der Waals surface area contributed by atoms with Gasteiger partial charge in [0.2, 0.25) is 5.95 Å². The molecule has 0 radical (unpaired) electrons. The van der Waals surface area contributed by atoms with Gasteiger partial charge in [-0.1, -0.05) is 5.92 Å². The van der Waals surface area contributed by atoms with Crippen molar-refractivity contribution in [3.8, 4) is 11.8 Å². The number of piperazine rings is 1. The van der Waals surface area contributed by atoms with Crippen molar-refractivity contribution in [3.63, 3.8) is 0 Å². The number of hydrogen-bond acceptors (Lipinski definition) is 6. The van der Waals surface area contributed by atoms with Gasteiger partial charge in [0.05, 0.1) is 12.6 Å². The van der Waals surface area contributed by atoms with Gasteiger partial charge in [-0.05, 0) is 29.7 Å². The minimum absolute atomic E-state index is 0.252. The van der Waals surface area contributed by atoms with Crippen LogP contribution in [0.15, 0.2) is 35.6 Å². The van der Waals surface area contributed by atoms with Crippen molar-refractivity contribution in [1.82, 2.24) is 19.9 Å². The molecule has 3 heterocycles. The van der Waals surface area contributed by atoms with Crippen molar-refractivity contribution < 1.29 is 13.6 Å². The first-order valence-electron chi connectivity index (χ1n) is 9.88. The highest BCUT2D eigenvalue weighted by atomic mass is 19.1. The van der Waals surface area contributed by atoms with Crippen molar-refractivity contribution in [2.24, 2.45) is 10.8 Å². The first-order chi connectivity index (χ1) is 15.0. The molecule has 2 aliphatic rings. The molecule has 8 nitrogen and oxygen atoms in total. The normalized spacial score (nSPS) is 18.2.